The average molecular weight is 277 g/mol. The van der Waals surface area contributed by atoms with Crippen molar-refractivity contribution in [2.75, 3.05) is 0 Å². The van der Waals surface area contributed by atoms with Crippen molar-refractivity contribution in [3.05, 3.63) is 59.6 Å². The van der Waals surface area contributed by atoms with Crippen LogP contribution in [0.4, 0.5) is 8.78 Å². The highest BCUT2D eigenvalue weighted by Crippen LogP contribution is 2.30. The quantitative estimate of drug-likeness (QED) is 0.858. The fourth-order valence-electron chi connectivity index (χ4n) is 2.14. The van der Waals surface area contributed by atoms with E-state index >= 15 is 0 Å². The lowest BCUT2D eigenvalue weighted by atomic mass is 10.1. The minimum Gasteiger partial charge on any atom is -0.467 e. The predicted octanol–water partition coefficient (Wildman–Crippen LogP) is 3.36. The molecular weight excluding hydrogens is 264 g/mol. The SMILES string of the molecule is O=C(c1ccc(F)cc1F)N(Cc1ccco1)C1CC1. The molecule has 1 aromatic carbocycles. The van der Waals surface area contributed by atoms with Crippen LogP contribution in [0.5, 0.6) is 0 Å². The van der Waals surface area contributed by atoms with Crippen molar-refractivity contribution in [3.63, 3.8) is 0 Å². The van der Waals surface area contributed by atoms with Crippen LogP contribution >= 0.6 is 0 Å². The fraction of sp³-hybridized carbons (Fsp3) is 0.267. The Kier molecular flexibility index (Phi) is 3.26. The number of carbonyl (C=O) groups is 1. The predicted molar refractivity (Wildman–Crippen MR) is 68.0 cm³/mol. The van der Waals surface area contributed by atoms with Crippen LogP contribution < -0.4 is 0 Å². The van der Waals surface area contributed by atoms with Gasteiger partial charge in [-0.05, 0) is 37.1 Å². The second-order valence-corrected chi connectivity index (χ2v) is 4.87. The number of hydrogen-bond acceptors (Lipinski definition) is 2. The molecule has 2 aromatic rings. The highest BCUT2D eigenvalue weighted by atomic mass is 19.1. The number of benzene rings is 1. The maximum atomic E-state index is 13.7. The number of rotatable bonds is 4. The van der Waals surface area contributed by atoms with Crippen LogP contribution in [0.3, 0.4) is 0 Å². The summed E-state index contributed by atoms with van der Waals surface area (Å²) in [6.07, 6.45) is 3.33. The summed E-state index contributed by atoms with van der Waals surface area (Å²) in [7, 11) is 0. The lowest BCUT2D eigenvalue weighted by Crippen LogP contribution is -2.33. The molecule has 3 nitrogen and oxygen atoms in total. The van der Waals surface area contributed by atoms with E-state index in [-0.39, 0.29) is 11.6 Å². The molecule has 20 heavy (non-hydrogen) atoms. The third-order valence-corrected chi connectivity index (χ3v) is 3.32. The highest BCUT2D eigenvalue weighted by molar-refractivity contribution is 5.94. The minimum atomic E-state index is -0.833. The van der Waals surface area contributed by atoms with Crippen molar-refractivity contribution in [2.45, 2.75) is 25.4 Å². The molecule has 0 bridgehead atoms. The molecule has 0 unspecified atom stereocenters. The zero-order valence-electron chi connectivity index (χ0n) is 10.7. The highest BCUT2D eigenvalue weighted by Gasteiger charge is 2.34. The fourth-order valence-corrected chi connectivity index (χ4v) is 2.14. The molecule has 1 aliphatic rings. The molecule has 0 aliphatic heterocycles. The molecule has 0 saturated heterocycles. The van der Waals surface area contributed by atoms with Crippen LogP contribution in [0.25, 0.3) is 0 Å². The maximum Gasteiger partial charge on any atom is 0.257 e. The van der Waals surface area contributed by atoms with Crippen molar-refractivity contribution in [1.82, 2.24) is 4.90 Å². The van der Waals surface area contributed by atoms with Gasteiger partial charge in [0.2, 0.25) is 0 Å². The van der Waals surface area contributed by atoms with E-state index in [1.807, 2.05) is 0 Å². The number of amides is 1. The Bertz CT molecular complexity index is 621. The lowest BCUT2D eigenvalue weighted by Gasteiger charge is -2.21. The molecule has 104 valence electrons. The van der Waals surface area contributed by atoms with Crippen LogP contribution in [-0.4, -0.2) is 16.8 Å². The first kappa shape index (κ1) is 12.8. The Labute approximate surface area is 114 Å². The van der Waals surface area contributed by atoms with E-state index in [4.69, 9.17) is 4.42 Å². The van der Waals surface area contributed by atoms with E-state index in [9.17, 15) is 13.6 Å². The second-order valence-electron chi connectivity index (χ2n) is 4.87. The van der Waals surface area contributed by atoms with Gasteiger partial charge in [-0.3, -0.25) is 4.79 Å². The molecule has 1 saturated carbocycles. The number of hydrogen-bond donors (Lipinski definition) is 0. The van der Waals surface area contributed by atoms with Gasteiger partial charge >= 0.3 is 0 Å². The van der Waals surface area contributed by atoms with Gasteiger partial charge in [-0.1, -0.05) is 0 Å². The summed E-state index contributed by atoms with van der Waals surface area (Å²) in [6, 6.07) is 6.62. The van der Waals surface area contributed by atoms with Crippen LogP contribution in [-0.2, 0) is 6.54 Å². The van der Waals surface area contributed by atoms with Crippen molar-refractivity contribution >= 4 is 5.91 Å². The van der Waals surface area contributed by atoms with Gasteiger partial charge in [0.1, 0.15) is 17.4 Å². The van der Waals surface area contributed by atoms with E-state index in [0.29, 0.717) is 12.3 Å². The molecule has 5 heteroatoms. The van der Waals surface area contributed by atoms with Crippen LogP contribution in [0.1, 0.15) is 29.0 Å². The van der Waals surface area contributed by atoms with Crippen molar-refractivity contribution in [3.8, 4) is 0 Å². The van der Waals surface area contributed by atoms with E-state index in [0.717, 1.165) is 25.0 Å². The van der Waals surface area contributed by atoms with Gasteiger partial charge in [-0.2, -0.15) is 0 Å². The topological polar surface area (TPSA) is 33.5 Å². The molecule has 1 fully saturated rings. The first-order valence-electron chi connectivity index (χ1n) is 6.43. The molecule has 0 N–H and O–H groups in total. The first-order valence-corrected chi connectivity index (χ1v) is 6.43. The monoisotopic (exact) mass is 277 g/mol. The minimum absolute atomic E-state index is 0.107. The summed E-state index contributed by atoms with van der Waals surface area (Å²) >= 11 is 0. The second kappa shape index (κ2) is 5.07. The van der Waals surface area contributed by atoms with Crippen molar-refractivity contribution in [1.29, 1.82) is 0 Å². The van der Waals surface area contributed by atoms with E-state index in [1.165, 1.54) is 12.3 Å². The molecule has 1 aliphatic carbocycles. The summed E-state index contributed by atoms with van der Waals surface area (Å²) in [6.45, 7) is 0.299. The Hall–Kier alpha value is -2.17. The van der Waals surface area contributed by atoms with Crippen molar-refractivity contribution in [2.24, 2.45) is 0 Å². The Morgan fingerprint density at radius 1 is 1.30 bits per heavy atom. The van der Waals surface area contributed by atoms with Crippen LogP contribution in [0.15, 0.2) is 41.0 Å². The van der Waals surface area contributed by atoms with Crippen LogP contribution in [0.2, 0.25) is 0 Å². The van der Waals surface area contributed by atoms with Crippen LogP contribution in [0, 0.1) is 11.6 Å². The normalized spacial score (nSPS) is 14.3. The smallest absolute Gasteiger partial charge is 0.257 e. The zero-order chi connectivity index (χ0) is 14.1. The summed E-state index contributed by atoms with van der Waals surface area (Å²) < 4.78 is 31.9. The molecule has 3 rings (SSSR count). The largest absolute Gasteiger partial charge is 0.467 e. The molecule has 0 radical (unpaired) electrons. The third kappa shape index (κ3) is 2.57. The van der Waals surface area contributed by atoms with E-state index in [1.54, 1.807) is 17.0 Å². The number of nitrogens with zero attached hydrogens (tertiary/aromatic N) is 1. The summed E-state index contributed by atoms with van der Waals surface area (Å²) in [4.78, 5) is 14.0. The van der Waals surface area contributed by atoms with Gasteiger partial charge in [0.15, 0.2) is 0 Å². The van der Waals surface area contributed by atoms with Gasteiger partial charge in [0.25, 0.3) is 5.91 Å². The number of carbonyl (C=O) groups excluding carboxylic acids is 1. The first-order chi connectivity index (χ1) is 9.65. The van der Waals surface area contributed by atoms with Gasteiger partial charge in [-0.25, -0.2) is 8.78 Å². The number of halogens is 2. The van der Waals surface area contributed by atoms with E-state index < -0.39 is 17.5 Å². The molecule has 1 heterocycles. The molecular formula is C15H13F2NO2. The molecule has 1 amide bonds. The Morgan fingerprint density at radius 2 is 2.10 bits per heavy atom. The van der Waals surface area contributed by atoms with Gasteiger partial charge in [0, 0.05) is 12.1 Å². The van der Waals surface area contributed by atoms with Crippen molar-refractivity contribution < 1.29 is 18.0 Å². The summed E-state index contributed by atoms with van der Waals surface area (Å²) in [5, 5.41) is 0. The standard InChI is InChI=1S/C15H13F2NO2/c16-10-3-6-13(14(17)8-10)15(19)18(11-4-5-11)9-12-2-1-7-20-12/h1-3,6-8,11H,4-5,9H2. The third-order valence-electron chi connectivity index (χ3n) is 3.32. The Morgan fingerprint density at radius 3 is 2.70 bits per heavy atom. The zero-order valence-corrected chi connectivity index (χ0v) is 10.7. The van der Waals surface area contributed by atoms with E-state index in [2.05, 4.69) is 0 Å². The molecule has 0 spiro atoms. The average Bonchev–Trinajstić information content (AvgIpc) is 3.12. The molecule has 0 atom stereocenters. The summed E-state index contributed by atoms with van der Waals surface area (Å²) in [5.41, 5.74) is -0.107. The lowest BCUT2D eigenvalue weighted by molar-refractivity contribution is 0.0712. The van der Waals surface area contributed by atoms with Gasteiger partial charge in [-0.15, -0.1) is 0 Å². The maximum absolute atomic E-state index is 13.7. The Balaban J connectivity index is 1.85. The van der Waals surface area contributed by atoms with Gasteiger partial charge < -0.3 is 9.32 Å². The number of furan rings is 1. The van der Waals surface area contributed by atoms with Gasteiger partial charge in [0.05, 0.1) is 18.4 Å². The summed E-state index contributed by atoms with van der Waals surface area (Å²) in [5.74, 6) is -1.31. The molecule has 1 aromatic heterocycles.